The zero-order valence-electron chi connectivity index (χ0n) is 7.27. The number of halogens is 1. The molecule has 71 valence electrons. The van der Waals surface area contributed by atoms with Gasteiger partial charge in [-0.25, -0.2) is 4.39 Å². The third kappa shape index (κ3) is 1.46. The Morgan fingerprint density at radius 1 is 1.77 bits per heavy atom. The number of rotatable bonds is 2. The topological polar surface area (TPSA) is 49.7 Å². The van der Waals surface area contributed by atoms with E-state index >= 15 is 0 Å². The Balaban J connectivity index is 2.88. The molecule has 0 aliphatic carbocycles. The number of aliphatic hydroxyl groups is 2. The molecule has 0 aromatic carbocycles. The van der Waals surface area contributed by atoms with E-state index < -0.39 is 30.5 Å². The summed E-state index contributed by atoms with van der Waals surface area (Å²) >= 11 is 0. The van der Waals surface area contributed by atoms with Crippen molar-refractivity contribution in [1.29, 1.82) is 0 Å². The van der Waals surface area contributed by atoms with Gasteiger partial charge in [-0.1, -0.05) is 12.7 Å². The van der Waals surface area contributed by atoms with Crippen LogP contribution in [0.2, 0.25) is 6.82 Å². The molecule has 1 aliphatic heterocycles. The number of aliphatic hydroxyl groups excluding tert-OH is 2. The molecule has 0 saturated carbocycles. The lowest BCUT2D eigenvalue weighted by molar-refractivity contribution is -0.00828. The van der Waals surface area contributed by atoms with Crippen LogP contribution < -0.4 is 0 Å². The van der Waals surface area contributed by atoms with Crippen LogP contribution in [0, 0.1) is 12.3 Å². The highest BCUT2D eigenvalue weighted by molar-refractivity contribution is 6.36. The molecule has 13 heavy (non-hydrogen) atoms. The quantitative estimate of drug-likeness (QED) is 0.435. The lowest BCUT2D eigenvalue weighted by atomic mass is 9.67. The fourth-order valence-electron chi connectivity index (χ4n) is 1.43. The van der Waals surface area contributed by atoms with Gasteiger partial charge in [0.25, 0.3) is 0 Å². The second-order valence-electron chi connectivity index (χ2n) is 2.97. The minimum absolute atomic E-state index is 0.446. The molecule has 1 heterocycles. The van der Waals surface area contributed by atoms with E-state index in [1.54, 1.807) is 6.82 Å². The first-order valence-electron chi connectivity index (χ1n) is 4.00. The van der Waals surface area contributed by atoms with E-state index in [2.05, 4.69) is 0 Å². The van der Waals surface area contributed by atoms with Crippen molar-refractivity contribution in [2.75, 3.05) is 6.61 Å². The zero-order valence-corrected chi connectivity index (χ0v) is 7.27. The smallest absolute Gasteiger partial charge is 0.216 e. The predicted molar refractivity (Wildman–Crippen MR) is 46.0 cm³/mol. The van der Waals surface area contributed by atoms with Gasteiger partial charge >= 0.3 is 0 Å². The minimum Gasteiger partial charge on any atom is -0.394 e. The average molecular weight is 185 g/mol. The Labute approximate surface area is 77.1 Å². The maximum absolute atomic E-state index is 13.8. The zero-order chi connectivity index (χ0) is 10.1. The third-order valence-corrected chi connectivity index (χ3v) is 2.22. The van der Waals surface area contributed by atoms with Crippen molar-refractivity contribution >= 4 is 7.28 Å². The molecule has 2 N–H and O–H groups in total. The molecule has 5 heteroatoms. The van der Waals surface area contributed by atoms with Crippen LogP contribution in [-0.4, -0.2) is 48.0 Å². The van der Waals surface area contributed by atoms with Crippen molar-refractivity contribution in [2.45, 2.75) is 30.7 Å². The SMILES string of the molecule is C#C[C@]1(F)[C@H]([B]C)O[C@H](CO)[C@H]1O. The van der Waals surface area contributed by atoms with E-state index in [0.717, 1.165) is 0 Å². The summed E-state index contributed by atoms with van der Waals surface area (Å²) in [4.78, 5) is 0. The van der Waals surface area contributed by atoms with E-state index in [1.165, 1.54) is 7.28 Å². The number of hydrogen-bond acceptors (Lipinski definition) is 3. The van der Waals surface area contributed by atoms with Crippen molar-refractivity contribution in [3.05, 3.63) is 0 Å². The van der Waals surface area contributed by atoms with Gasteiger partial charge in [-0.2, -0.15) is 0 Å². The van der Waals surface area contributed by atoms with Crippen LogP contribution >= 0.6 is 0 Å². The summed E-state index contributed by atoms with van der Waals surface area (Å²) < 4.78 is 18.8. The molecule has 0 aromatic rings. The van der Waals surface area contributed by atoms with E-state index in [4.69, 9.17) is 16.3 Å². The van der Waals surface area contributed by atoms with Crippen molar-refractivity contribution in [3.63, 3.8) is 0 Å². The highest BCUT2D eigenvalue weighted by Crippen LogP contribution is 2.33. The molecule has 0 amide bonds. The van der Waals surface area contributed by atoms with Gasteiger partial charge in [0.1, 0.15) is 12.2 Å². The molecule has 0 bridgehead atoms. The van der Waals surface area contributed by atoms with Crippen LogP contribution in [0.25, 0.3) is 0 Å². The predicted octanol–water partition coefficient (Wildman–Crippen LogP) is -0.842. The largest absolute Gasteiger partial charge is 0.394 e. The maximum Gasteiger partial charge on any atom is 0.216 e. The highest BCUT2D eigenvalue weighted by Gasteiger charge is 2.54. The Hall–Kier alpha value is -0.565. The maximum atomic E-state index is 13.8. The molecule has 1 fully saturated rings. The molecule has 1 rings (SSSR count). The van der Waals surface area contributed by atoms with Crippen LogP contribution in [0.1, 0.15) is 0 Å². The Bertz CT molecular complexity index is 226. The Morgan fingerprint density at radius 3 is 2.69 bits per heavy atom. The third-order valence-electron chi connectivity index (χ3n) is 2.22. The van der Waals surface area contributed by atoms with Gasteiger partial charge in [-0.15, -0.1) is 6.42 Å². The summed E-state index contributed by atoms with van der Waals surface area (Å²) in [5.41, 5.74) is -2.22. The van der Waals surface area contributed by atoms with E-state index in [1.807, 2.05) is 5.92 Å². The summed E-state index contributed by atoms with van der Waals surface area (Å²) in [6, 6.07) is -0.954. The van der Waals surface area contributed by atoms with E-state index in [0.29, 0.717) is 0 Å². The lowest BCUT2D eigenvalue weighted by Crippen LogP contribution is -2.45. The molecule has 1 saturated heterocycles. The van der Waals surface area contributed by atoms with Crippen LogP contribution in [0.5, 0.6) is 0 Å². The van der Waals surface area contributed by atoms with Crippen LogP contribution in [0.3, 0.4) is 0 Å². The van der Waals surface area contributed by atoms with E-state index in [9.17, 15) is 9.50 Å². The van der Waals surface area contributed by atoms with Crippen LogP contribution in [-0.2, 0) is 4.74 Å². The Morgan fingerprint density at radius 2 is 2.38 bits per heavy atom. The molecule has 1 aliphatic rings. The van der Waals surface area contributed by atoms with Gasteiger partial charge in [-0.05, 0) is 0 Å². The average Bonchev–Trinajstić information content (AvgIpc) is 2.41. The minimum atomic E-state index is -2.22. The summed E-state index contributed by atoms with van der Waals surface area (Å²) in [6.45, 7) is 1.14. The second-order valence-corrected chi connectivity index (χ2v) is 2.97. The lowest BCUT2D eigenvalue weighted by Gasteiger charge is -2.21. The van der Waals surface area contributed by atoms with Gasteiger partial charge in [0.05, 0.1) is 12.6 Å². The number of hydrogen-bond donors (Lipinski definition) is 2. The Kier molecular flexibility index (Phi) is 2.96. The van der Waals surface area contributed by atoms with Crippen LogP contribution in [0.15, 0.2) is 0 Å². The van der Waals surface area contributed by atoms with Crippen molar-refractivity contribution in [1.82, 2.24) is 0 Å². The van der Waals surface area contributed by atoms with Gasteiger partial charge in [0, 0.05) is 0 Å². The molecule has 4 atom stereocenters. The van der Waals surface area contributed by atoms with Gasteiger partial charge < -0.3 is 14.9 Å². The first kappa shape index (κ1) is 10.5. The van der Waals surface area contributed by atoms with Gasteiger partial charge in [-0.3, -0.25) is 0 Å². The number of alkyl halides is 1. The fourth-order valence-corrected chi connectivity index (χ4v) is 1.43. The van der Waals surface area contributed by atoms with Gasteiger partial charge in [0.2, 0.25) is 5.67 Å². The summed E-state index contributed by atoms with van der Waals surface area (Å²) in [6.07, 6.45) is 2.56. The first-order chi connectivity index (χ1) is 6.10. The summed E-state index contributed by atoms with van der Waals surface area (Å²) in [5.74, 6) is 1.87. The summed E-state index contributed by atoms with van der Waals surface area (Å²) in [7, 11) is 1.43. The first-order valence-corrected chi connectivity index (χ1v) is 4.00. The van der Waals surface area contributed by atoms with Gasteiger partial charge in [0.15, 0.2) is 7.28 Å². The summed E-state index contributed by atoms with van der Waals surface area (Å²) in [5, 5.41) is 18.1. The van der Waals surface area contributed by atoms with Crippen molar-refractivity contribution in [3.8, 4) is 12.3 Å². The molecule has 3 nitrogen and oxygen atoms in total. The van der Waals surface area contributed by atoms with Crippen LogP contribution in [0.4, 0.5) is 4.39 Å². The van der Waals surface area contributed by atoms with Crippen molar-refractivity contribution in [2.24, 2.45) is 0 Å². The molecular weight excluding hydrogens is 174 g/mol. The number of terminal acetylenes is 1. The molecular formula is C8H11BFO3. The van der Waals surface area contributed by atoms with Crippen molar-refractivity contribution < 1.29 is 19.3 Å². The highest BCUT2D eigenvalue weighted by atomic mass is 19.1. The molecule has 0 aromatic heterocycles. The molecule has 0 unspecified atom stereocenters. The molecule has 0 spiro atoms. The van der Waals surface area contributed by atoms with E-state index in [-0.39, 0.29) is 0 Å². The monoisotopic (exact) mass is 185 g/mol. The number of ether oxygens (including phenoxy) is 1. The normalized spacial score (nSPS) is 44.4. The second kappa shape index (κ2) is 3.66. The standard InChI is InChI=1S/C8H11BFO3/c1-3-8(10)6(12)5(4-11)13-7(8)9-2/h1,5-7,11-12H,4H2,2H3/t5-,6-,7-,8-/m1/s1. The molecule has 1 radical (unpaired) electrons. The fraction of sp³-hybridized carbons (Fsp3) is 0.750.